The van der Waals surface area contributed by atoms with E-state index in [1.807, 2.05) is 67.2 Å². The molecule has 3 aromatic rings. The Hall–Kier alpha value is -2.73. The van der Waals surface area contributed by atoms with Crippen LogP contribution in [0.15, 0.2) is 64.9 Å². The van der Waals surface area contributed by atoms with Crippen LogP contribution in [0.5, 0.6) is 5.75 Å². The minimum atomic E-state index is -0.0552. The van der Waals surface area contributed by atoms with Crippen LogP contribution in [0, 0.1) is 6.92 Å². The number of hydrogen-bond acceptors (Lipinski definition) is 4. The van der Waals surface area contributed by atoms with Crippen LogP contribution in [0.2, 0.25) is 0 Å². The van der Waals surface area contributed by atoms with Gasteiger partial charge in [0.2, 0.25) is 5.91 Å². The molecule has 0 saturated heterocycles. The normalized spacial score (nSPS) is 10.6. The van der Waals surface area contributed by atoms with Gasteiger partial charge in [-0.1, -0.05) is 23.9 Å². The molecule has 134 valence electrons. The number of hydrogen-bond donors (Lipinski definition) is 1. The standard InChI is InChI=1S/C20H21N3O2S/c1-14-4-5-15(12-18(14)25-3)13-19(24)22-16-6-8-17(9-7-16)26-20-21-10-11-23(20)2/h4-12H,13H2,1-3H3,(H,22,24). The summed E-state index contributed by atoms with van der Waals surface area (Å²) in [6.07, 6.45) is 3.99. The van der Waals surface area contributed by atoms with Gasteiger partial charge in [0.15, 0.2) is 5.16 Å². The van der Waals surface area contributed by atoms with Gasteiger partial charge in [-0.05, 0) is 48.4 Å². The van der Waals surface area contributed by atoms with Crippen molar-refractivity contribution in [3.8, 4) is 5.75 Å². The van der Waals surface area contributed by atoms with Crippen LogP contribution in [0.4, 0.5) is 5.69 Å². The molecule has 26 heavy (non-hydrogen) atoms. The highest BCUT2D eigenvalue weighted by Gasteiger charge is 2.08. The van der Waals surface area contributed by atoms with Crippen LogP contribution in [-0.2, 0) is 18.3 Å². The number of benzene rings is 2. The first-order chi connectivity index (χ1) is 12.5. The molecule has 0 aliphatic carbocycles. The number of ether oxygens (including phenoxy) is 1. The van der Waals surface area contributed by atoms with Gasteiger partial charge in [-0.25, -0.2) is 4.98 Å². The number of rotatable bonds is 6. The highest BCUT2D eigenvalue weighted by molar-refractivity contribution is 7.99. The molecule has 0 spiro atoms. The first kappa shape index (κ1) is 18.1. The molecule has 3 rings (SSSR count). The van der Waals surface area contributed by atoms with Crippen LogP contribution in [0.3, 0.4) is 0 Å². The van der Waals surface area contributed by atoms with Gasteiger partial charge in [-0.2, -0.15) is 0 Å². The summed E-state index contributed by atoms with van der Waals surface area (Å²) in [4.78, 5) is 17.6. The van der Waals surface area contributed by atoms with Crippen molar-refractivity contribution < 1.29 is 9.53 Å². The lowest BCUT2D eigenvalue weighted by Gasteiger charge is -2.09. The highest BCUT2D eigenvalue weighted by atomic mass is 32.2. The van der Waals surface area contributed by atoms with Gasteiger partial charge in [0.1, 0.15) is 5.75 Å². The Balaban J connectivity index is 1.60. The van der Waals surface area contributed by atoms with E-state index >= 15 is 0 Å². The van der Waals surface area contributed by atoms with Gasteiger partial charge >= 0.3 is 0 Å². The predicted molar refractivity (Wildman–Crippen MR) is 104 cm³/mol. The first-order valence-corrected chi connectivity index (χ1v) is 9.05. The Morgan fingerprint density at radius 1 is 1.23 bits per heavy atom. The average Bonchev–Trinajstić information content (AvgIpc) is 3.03. The fraction of sp³-hybridized carbons (Fsp3) is 0.200. The maximum Gasteiger partial charge on any atom is 0.228 e. The summed E-state index contributed by atoms with van der Waals surface area (Å²) in [7, 11) is 3.60. The van der Waals surface area contributed by atoms with Gasteiger partial charge in [0, 0.05) is 30.0 Å². The zero-order valence-corrected chi connectivity index (χ0v) is 15.8. The van der Waals surface area contributed by atoms with Crippen molar-refractivity contribution in [1.29, 1.82) is 0 Å². The summed E-state index contributed by atoms with van der Waals surface area (Å²) >= 11 is 1.58. The number of nitrogens with zero attached hydrogens (tertiary/aromatic N) is 2. The van der Waals surface area contributed by atoms with Crippen molar-refractivity contribution in [1.82, 2.24) is 9.55 Å². The minimum absolute atomic E-state index is 0.0552. The van der Waals surface area contributed by atoms with E-state index in [1.165, 1.54) is 0 Å². The molecule has 0 fully saturated rings. The molecule has 0 radical (unpaired) electrons. The van der Waals surface area contributed by atoms with Gasteiger partial charge in [-0.3, -0.25) is 4.79 Å². The molecule has 0 atom stereocenters. The quantitative estimate of drug-likeness (QED) is 0.713. The largest absolute Gasteiger partial charge is 0.496 e. The van der Waals surface area contributed by atoms with Crippen LogP contribution in [0.25, 0.3) is 0 Å². The van der Waals surface area contributed by atoms with Crippen LogP contribution in [-0.4, -0.2) is 22.6 Å². The molecule has 1 N–H and O–H groups in total. The molecule has 0 aliphatic heterocycles. The maximum absolute atomic E-state index is 12.3. The molecule has 0 bridgehead atoms. The van der Waals surface area contributed by atoms with Gasteiger partial charge < -0.3 is 14.6 Å². The molecule has 1 amide bonds. The Labute approximate surface area is 157 Å². The first-order valence-electron chi connectivity index (χ1n) is 8.24. The Kier molecular flexibility index (Phi) is 5.63. The van der Waals surface area contributed by atoms with E-state index in [-0.39, 0.29) is 5.91 Å². The molecule has 6 heteroatoms. The number of aryl methyl sites for hydroxylation is 2. The van der Waals surface area contributed by atoms with Gasteiger partial charge in [0.25, 0.3) is 0 Å². The van der Waals surface area contributed by atoms with Crippen LogP contribution >= 0.6 is 11.8 Å². The number of carbonyl (C=O) groups excluding carboxylic acids is 1. The predicted octanol–water partition coefficient (Wildman–Crippen LogP) is 4.07. The lowest BCUT2D eigenvalue weighted by molar-refractivity contribution is -0.115. The summed E-state index contributed by atoms with van der Waals surface area (Å²) in [6.45, 7) is 1.98. The van der Waals surface area contributed by atoms with Crippen molar-refractivity contribution in [2.24, 2.45) is 7.05 Å². The number of aromatic nitrogens is 2. The van der Waals surface area contributed by atoms with E-state index in [4.69, 9.17) is 4.74 Å². The van der Waals surface area contributed by atoms with E-state index in [0.29, 0.717) is 6.42 Å². The third-order valence-electron chi connectivity index (χ3n) is 3.96. The smallest absolute Gasteiger partial charge is 0.228 e. The zero-order chi connectivity index (χ0) is 18.5. The summed E-state index contributed by atoms with van der Waals surface area (Å²) in [5.41, 5.74) is 2.75. The number of amides is 1. The van der Waals surface area contributed by atoms with Crippen molar-refractivity contribution in [3.05, 3.63) is 66.0 Å². The van der Waals surface area contributed by atoms with Crippen molar-refractivity contribution in [2.75, 3.05) is 12.4 Å². The molecule has 1 aromatic heterocycles. The van der Waals surface area contributed by atoms with Crippen molar-refractivity contribution in [2.45, 2.75) is 23.4 Å². The average molecular weight is 367 g/mol. The summed E-state index contributed by atoms with van der Waals surface area (Å²) in [5.74, 6) is 0.742. The summed E-state index contributed by atoms with van der Waals surface area (Å²) < 4.78 is 7.28. The highest BCUT2D eigenvalue weighted by Crippen LogP contribution is 2.27. The van der Waals surface area contributed by atoms with E-state index in [2.05, 4.69) is 10.3 Å². The molecule has 0 unspecified atom stereocenters. The van der Waals surface area contributed by atoms with E-state index in [9.17, 15) is 4.79 Å². The molecular formula is C20H21N3O2S. The number of methoxy groups -OCH3 is 1. The maximum atomic E-state index is 12.3. The summed E-state index contributed by atoms with van der Waals surface area (Å²) in [5, 5.41) is 3.86. The third-order valence-corrected chi connectivity index (χ3v) is 5.05. The molecule has 0 aliphatic rings. The fourth-order valence-electron chi connectivity index (χ4n) is 2.53. The topological polar surface area (TPSA) is 56.1 Å². The Bertz CT molecular complexity index is 904. The molecule has 0 saturated carbocycles. The monoisotopic (exact) mass is 367 g/mol. The minimum Gasteiger partial charge on any atom is -0.496 e. The van der Waals surface area contributed by atoms with E-state index in [0.717, 1.165) is 32.6 Å². The van der Waals surface area contributed by atoms with Crippen molar-refractivity contribution in [3.63, 3.8) is 0 Å². The lowest BCUT2D eigenvalue weighted by Crippen LogP contribution is -2.14. The number of nitrogens with one attached hydrogen (secondary N) is 1. The number of imidazole rings is 1. The number of carbonyl (C=O) groups is 1. The van der Waals surface area contributed by atoms with E-state index < -0.39 is 0 Å². The molecule has 2 aromatic carbocycles. The van der Waals surface area contributed by atoms with Gasteiger partial charge in [0.05, 0.1) is 13.5 Å². The second-order valence-electron chi connectivity index (χ2n) is 5.98. The third kappa shape index (κ3) is 4.46. The van der Waals surface area contributed by atoms with Crippen LogP contribution in [0.1, 0.15) is 11.1 Å². The lowest BCUT2D eigenvalue weighted by atomic mass is 10.1. The van der Waals surface area contributed by atoms with Crippen molar-refractivity contribution >= 4 is 23.4 Å². The second kappa shape index (κ2) is 8.10. The Morgan fingerprint density at radius 2 is 2.00 bits per heavy atom. The van der Waals surface area contributed by atoms with Gasteiger partial charge in [-0.15, -0.1) is 0 Å². The fourth-order valence-corrected chi connectivity index (χ4v) is 3.33. The summed E-state index contributed by atoms with van der Waals surface area (Å²) in [6, 6.07) is 13.6. The molecule has 5 nitrogen and oxygen atoms in total. The second-order valence-corrected chi connectivity index (χ2v) is 7.02. The zero-order valence-electron chi connectivity index (χ0n) is 15.0. The molecule has 1 heterocycles. The van der Waals surface area contributed by atoms with E-state index in [1.54, 1.807) is 25.1 Å². The van der Waals surface area contributed by atoms with Crippen LogP contribution < -0.4 is 10.1 Å². The number of anilines is 1. The SMILES string of the molecule is COc1cc(CC(=O)Nc2ccc(Sc3nccn3C)cc2)ccc1C. The molecular weight excluding hydrogens is 346 g/mol. The Morgan fingerprint density at radius 3 is 2.65 bits per heavy atom.